The maximum Gasteiger partial charge on any atom is 0.149 e. The standard InChI is InChI=1S/C8H17NO/c1-5-6(2)8(4,9)7(3)10/h6H,5,9H2,1-4H3/t6-,8-/m0/s1. The normalized spacial score (nSPS) is 19.7. The molecule has 0 saturated carbocycles. The average molecular weight is 143 g/mol. The Hall–Kier alpha value is -0.370. The lowest BCUT2D eigenvalue weighted by Gasteiger charge is -2.27. The molecule has 0 rings (SSSR count). The molecule has 2 nitrogen and oxygen atoms in total. The maximum absolute atomic E-state index is 10.9. The Kier molecular flexibility index (Phi) is 3.03. The van der Waals surface area contributed by atoms with Gasteiger partial charge in [-0.25, -0.2) is 0 Å². The number of Topliss-reactive ketones (excluding diaryl/α,β-unsaturated/α-hetero) is 1. The van der Waals surface area contributed by atoms with Crippen molar-refractivity contribution in [3.05, 3.63) is 0 Å². The van der Waals surface area contributed by atoms with Crippen LogP contribution in [0.4, 0.5) is 0 Å². The predicted molar refractivity (Wildman–Crippen MR) is 42.7 cm³/mol. The summed E-state index contributed by atoms with van der Waals surface area (Å²) in [7, 11) is 0. The van der Waals surface area contributed by atoms with E-state index in [1.807, 2.05) is 13.8 Å². The number of hydrogen-bond acceptors (Lipinski definition) is 2. The molecule has 0 spiro atoms. The fourth-order valence-corrected chi connectivity index (χ4v) is 0.771. The Morgan fingerprint density at radius 2 is 2.10 bits per heavy atom. The molecule has 0 saturated heterocycles. The van der Waals surface area contributed by atoms with E-state index >= 15 is 0 Å². The van der Waals surface area contributed by atoms with Crippen molar-refractivity contribution in [2.75, 3.05) is 0 Å². The van der Waals surface area contributed by atoms with Crippen LogP contribution in [0.2, 0.25) is 0 Å². The minimum absolute atomic E-state index is 0.0712. The SMILES string of the molecule is CC[C@H](C)[C@](C)(N)C(C)=O. The zero-order chi connectivity index (χ0) is 8.36. The Labute approximate surface area is 62.8 Å². The van der Waals surface area contributed by atoms with Crippen LogP contribution in [-0.4, -0.2) is 11.3 Å². The Morgan fingerprint density at radius 3 is 2.20 bits per heavy atom. The van der Waals surface area contributed by atoms with Crippen molar-refractivity contribution < 1.29 is 4.79 Å². The second-order valence-corrected chi connectivity index (χ2v) is 3.15. The molecule has 60 valence electrons. The van der Waals surface area contributed by atoms with Gasteiger partial charge in [0, 0.05) is 0 Å². The van der Waals surface area contributed by atoms with Crippen LogP contribution >= 0.6 is 0 Å². The smallest absolute Gasteiger partial charge is 0.149 e. The summed E-state index contributed by atoms with van der Waals surface area (Å²) in [4.78, 5) is 10.9. The number of carbonyl (C=O) groups excluding carboxylic acids is 1. The molecule has 0 aliphatic carbocycles. The van der Waals surface area contributed by atoms with Crippen molar-refractivity contribution in [2.24, 2.45) is 11.7 Å². The van der Waals surface area contributed by atoms with E-state index in [2.05, 4.69) is 0 Å². The second kappa shape index (κ2) is 3.15. The zero-order valence-corrected chi connectivity index (χ0v) is 7.27. The summed E-state index contributed by atoms with van der Waals surface area (Å²) in [5.41, 5.74) is 5.13. The molecule has 0 aromatic rings. The molecule has 0 heterocycles. The van der Waals surface area contributed by atoms with Gasteiger partial charge in [0.15, 0.2) is 0 Å². The van der Waals surface area contributed by atoms with E-state index in [9.17, 15) is 4.79 Å². The quantitative estimate of drug-likeness (QED) is 0.647. The van der Waals surface area contributed by atoms with E-state index in [4.69, 9.17) is 5.73 Å². The first kappa shape index (κ1) is 9.63. The summed E-state index contributed by atoms with van der Waals surface area (Å²) >= 11 is 0. The molecule has 0 aromatic heterocycles. The highest BCUT2D eigenvalue weighted by Gasteiger charge is 2.29. The fourth-order valence-electron chi connectivity index (χ4n) is 0.771. The first-order valence-corrected chi connectivity index (χ1v) is 3.72. The fraction of sp³-hybridized carbons (Fsp3) is 0.875. The first-order valence-electron chi connectivity index (χ1n) is 3.72. The number of hydrogen-bond donors (Lipinski definition) is 1. The molecular weight excluding hydrogens is 126 g/mol. The lowest BCUT2D eigenvalue weighted by Crippen LogP contribution is -2.49. The Morgan fingerprint density at radius 1 is 1.70 bits per heavy atom. The van der Waals surface area contributed by atoms with E-state index in [0.29, 0.717) is 0 Å². The zero-order valence-electron chi connectivity index (χ0n) is 7.27. The molecule has 0 amide bonds. The van der Waals surface area contributed by atoms with Crippen LogP contribution in [0.25, 0.3) is 0 Å². The van der Waals surface area contributed by atoms with Crippen molar-refractivity contribution in [3.63, 3.8) is 0 Å². The summed E-state index contributed by atoms with van der Waals surface area (Å²) in [6.45, 7) is 7.38. The summed E-state index contributed by atoms with van der Waals surface area (Å²) < 4.78 is 0. The summed E-state index contributed by atoms with van der Waals surface area (Å²) in [5.74, 6) is 0.340. The van der Waals surface area contributed by atoms with E-state index in [1.165, 1.54) is 0 Å². The van der Waals surface area contributed by atoms with Crippen LogP contribution in [0.1, 0.15) is 34.1 Å². The van der Waals surface area contributed by atoms with E-state index in [-0.39, 0.29) is 11.7 Å². The van der Waals surface area contributed by atoms with Gasteiger partial charge in [-0.1, -0.05) is 20.3 Å². The van der Waals surface area contributed by atoms with Gasteiger partial charge in [0.1, 0.15) is 5.78 Å². The topological polar surface area (TPSA) is 43.1 Å². The largest absolute Gasteiger partial charge is 0.319 e. The number of nitrogens with two attached hydrogens (primary N) is 1. The van der Waals surface area contributed by atoms with Gasteiger partial charge in [0.05, 0.1) is 5.54 Å². The van der Waals surface area contributed by atoms with Gasteiger partial charge in [-0.05, 0) is 19.8 Å². The molecule has 0 aliphatic rings. The molecule has 10 heavy (non-hydrogen) atoms. The number of rotatable bonds is 3. The van der Waals surface area contributed by atoms with Crippen LogP contribution in [0, 0.1) is 5.92 Å². The molecule has 0 aliphatic heterocycles. The predicted octanol–water partition coefficient (Wildman–Crippen LogP) is 1.34. The molecule has 0 radical (unpaired) electrons. The third kappa shape index (κ3) is 1.81. The molecule has 0 bridgehead atoms. The van der Waals surface area contributed by atoms with E-state index in [0.717, 1.165) is 6.42 Å². The third-order valence-corrected chi connectivity index (χ3v) is 2.39. The van der Waals surface area contributed by atoms with Crippen molar-refractivity contribution in [2.45, 2.75) is 39.7 Å². The third-order valence-electron chi connectivity index (χ3n) is 2.39. The van der Waals surface area contributed by atoms with E-state index in [1.54, 1.807) is 13.8 Å². The van der Waals surface area contributed by atoms with Crippen molar-refractivity contribution in [1.82, 2.24) is 0 Å². The van der Waals surface area contributed by atoms with Gasteiger partial charge < -0.3 is 5.73 Å². The summed E-state index contributed by atoms with van der Waals surface area (Å²) in [6.07, 6.45) is 0.951. The van der Waals surface area contributed by atoms with E-state index < -0.39 is 5.54 Å². The molecule has 2 heteroatoms. The van der Waals surface area contributed by atoms with Gasteiger partial charge in [-0.2, -0.15) is 0 Å². The number of carbonyl (C=O) groups is 1. The lowest BCUT2D eigenvalue weighted by molar-refractivity contribution is -0.123. The van der Waals surface area contributed by atoms with Crippen LogP contribution in [-0.2, 0) is 4.79 Å². The van der Waals surface area contributed by atoms with Crippen LogP contribution in [0.15, 0.2) is 0 Å². The highest BCUT2D eigenvalue weighted by Crippen LogP contribution is 2.17. The molecule has 0 fully saturated rings. The van der Waals surface area contributed by atoms with Crippen molar-refractivity contribution in [3.8, 4) is 0 Å². The summed E-state index contributed by atoms with van der Waals surface area (Å²) in [5, 5.41) is 0. The van der Waals surface area contributed by atoms with Gasteiger partial charge in [-0.3, -0.25) is 4.79 Å². The second-order valence-electron chi connectivity index (χ2n) is 3.15. The highest BCUT2D eigenvalue weighted by molar-refractivity contribution is 5.85. The number of ketones is 1. The van der Waals surface area contributed by atoms with Gasteiger partial charge in [0.2, 0.25) is 0 Å². The van der Waals surface area contributed by atoms with Gasteiger partial charge in [-0.15, -0.1) is 0 Å². The molecule has 0 aromatic carbocycles. The summed E-state index contributed by atoms with van der Waals surface area (Å²) in [6, 6.07) is 0. The highest BCUT2D eigenvalue weighted by atomic mass is 16.1. The molecular formula is C8H17NO. The maximum atomic E-state index is 10.9. The van der Waals surface area contributed by atoms with Gasteiger partial charge in [0.25, 0.3) is 0 Å². The minimum Gasteiger partial charge on any atom is -0.319 e. The Balaban J connectivity index is 4.23. The molecule has 0 unspecified atom stereocenters. The van der Waals surface area contributed by atoms with Crippen LogP contribution in [0.3, 0.4) is 0 Å². The van der Waals surface area contributed by atoms with Crippen LogP contribution < -0.4 is 5.73 Å². The van der Waals surface area contributed by atoms with Gasteiger partial charge >= 0.3 is 0 Å². The molecule has 2 N–H and O–H groups in total. The first-order chi connectivity index (χ1) is 4.42. The van der Waals surface area contributed by atoms with Crippen molar-refractivity contribution >= 4 is 5.78 Å². The minimum atomic E-state index is -0.630. The van der Waals surface area contributed by atoms with Crippen molar-refractivity contribution in [1.29, 1.82) is 0 Å². The Bertz CT molecular complexity index is 129. The lowest BCUT2D eigenvalue weighted by atomic mass is 9.83. The molecule has 2 atom stereocenters. The average Bonchev–Trinajstić information content (AvgIpc) is 1.86. The van der Waals surface area contributed by atoms with Crippen LogP contribution in [0.5, 0.6) is 0 Å². The monoisotopic (exact) mass is 143 g/mol.